The van der Waals surface area contributed by atoms with Crippen molar-refractivity contribution in [2.45, 2.75) is 31.3 Å². The first-order valence-electron chi connectivity index (χ1n) is 8.25. The van der Waals surface area contributed by atoms with E-state index >= 15 is 8.78 Å². The van der Waals surface area contributed by atoms with Crippen LogP contribution < -0.4 is 0 Å². The van der Waals surface area contributed by atoms with Crippen molar-refractivity contribution in [1.82, 2.24) is 25.2 Å². The monoisotopic (exact) mass is 433 g/mol. The van der Waals surface area contributed by atoms with Gasteiger partial charge in [-0.05, 0) is 34.2 Å². The van der Waals surface area contributed by atoms with Crippen molar-refractivity contribution in [3.8, 4) is 0 Å². The first kappa shape index (κ1) is 21.6. The highest BCUT2D eigenvalue weighted by atomic mass is 19.3. The van der Waals surface area contributed by atoms with Crippen LogP contribution in [0.1, 0.15) is 16.8 Å². The molecule has 1 aromatic carbocycles. The van der Waals surface area contributed by atoms with E-state index in [4.69, 9.17) is 0 Å². The van der Waals surface area contributed by atoms with Crippen LogP contribution in [0.2, 0.25) is 0 Å². The van der Waals surface area contributed by atoms with Crippen molar-refractivity contribution >= 4 is 0 Å². The highest BCUT2D eigenvalue weighted by Gasteiger charge is 2.57. The van der Waals surface area contributed by atoms with Gasteiger partial charge in [-0.15, -0.1) is 5.10 Å². The number of halogens is 6. The van der Waals surface area contributed by atoms with Crippen LogP contribution in [0.3, 0.4) is 0 Å². The summed E-state index contributed by atoms with van der Waals surface area (Å²) < 4.78 is 87.5. The maximum Gasteiger partial charge on any atom is 0.345 e. The molecule has 0 radical (unpaired) electrons. The summed E-state index contributed by atoms with van der Waals surface area (Å²) in [5.41, 5.74) is -5.14. The molecule has 0 spiro atoms. The molecule has 3 aromatic rings. The Balaban J connectivity index is 2.03. The Bertz CT molecular complexity index is 987. The van der Waals surface area contributed by atoms with Gasteiger partial charge in [0.05, 0.1) is 13.2 Å². The number of ether oxygens (including phenoxy) is 1. The van der Waals surface area contributed by atoms with E-state index < -0.39 is 54.2 Å². The van der Waals surface area contributed by atoms with Crippen molar-refractivity contribution < 1.29 is 36.2 Å². The van der Waals surface area contributed by atoms with Gasteiger partial charge in [0.15, 0.2) is 5.60 Å². The number of alkyl halides is 4. The summed E-state index contributed by atoms with van der Waals surface area (Å²) >= 11 is 0. The van der Waals surface area contributed by atoms with Gasteiger partial charge in [0.1, 0.15) is 23.7 Å². The van der Waals surface area contributed by atoms with Gasteiger partial charge in [0.2, 0.25) is 0 Å². The zero-order valence-electron chi connectivity index (χ0n) is 14.9. The van der Waals surface area contributed by atoms with Crippen LogP contribution in [-0.4, -0.2) is 36.9 Å². The number of aromatic nitrogens is 5. The van der Waals surface area contributed by atoms with Crippen LogP contribution >= 0.6 is 0 Å². The molecule has 0 saturated heterocycles. The van der Waals surface area contributed by atoms with Crippen LogP contribution in [0.4, 0.5) is 26.3 Å². The van der Waals surface area contributed by atoms with Gasteiger partial charge in [0, 0.05) is 17.8 Å². The molecule has 2 aromatic heterocycles. The van der Waals surface area contributed by atoms with Gasteiger partial charge in [-0.2, -0.15) is 17.6 Å². The van der Waals surface area contributed by atoms with Crippen LogP contribution in [0.15, 0.2) is 42.9 Å². The van der Waals surface area contributed by atoms with E-state index in [0.29, 0.717) is 18.2 Å². The number of rotatable bonds is 8. The predicted octanol–water partition coefficient (Wildman–Crippen LogP) is 2.77. The largest absolute Gasteiger partial charge is 0.377 e. The molecule has 2 heterocycles. The molecule has 0 aliphatic rings. The number of hydrogen-bond acceptors (Lipinski definition) is 6. The fourth-order valence-electron chi connectivity index (χ4n) is 2.73. The third-order valence-corrected chi connectivity index (χ3v) is 4.20. The number of nitrogens with zero attached hydrogens (tertiary/aromatic N) is 5. The third kappa shape index (κ3) is 4.26. The van der Waals surface area contributed by atoms with E-state index in [1.165, 1.54) is 0 Å². The molecule has 160 valence electrons. The Labute approximate surface area is 164 Å². The molecule has 0 bridgehead atoms. The summed E-state index contributed by atoms with van der Waals surface area (Å²) in [4.78, 5) is 3.50. The van der Waals surface area contributed by atoms with Gasteiger partial charge in [-0.25, -0.2) is 13.5 Å². The van der Waals surface area contributed by atoms with E-state index in [9.17, 15) is 22.7 Å². The lowest BCUT2D eigenvalue weighted by Crippen LogP contribution is -2.48. The van der Waals surface area contributed by atoms with Gasteiger partial charge in [-0.3, -0.25) is 4.98 Å². The number of tetrazole rings is 1. The predicted molar refractivity (Wildman–Crippen MR) is 87.0 cm³/mol. The number of benzene rings is 1. The van der Waals surface area contributed by atoms with E-state index in [0.717, 1.165) is 29.3 Å². The molecule has 1 N–H and O–H groups in total. The van der Waals surface area contributed by atoms with Gasteiger partial charge >= 0.3 is 12.5 Å². The lowest BCUT2D eigenvalue weighted by Gasteiger charge is -2.35. The minimum absolute atomic E-state index is 0.0619. The maximum atomic E-state index is 15.4. The van der Waals surface area contributed by atoms with Crippen LogP contribution in [-0.2, 0) is 29.4 Å². The summed E-state index contributed by atoms with van der Waals surface area (Å²) in [5.74, 6) is -6.70. The number of aliphatic hydroxyl groups is 1. The van der Waals surface area contributed by atoms with Crippen molar-refractivity contribution in [1.29, 1.82) is 0 Å². The molecule has 0 fully saturated rings. The lowest BCUT2D eigenvalue weighted by molar-refractivity contribution is -0.207. The highest BCUT2D eigenvalue weighted by molar-refractivity contribution is 5.31. The van der Waals surface area contributed by atoms with Crippen molar-refractivity contribution in [2.24, 2.45) is 0 Å². The Morgan fingerprint density at radius 3 is 2.47 bits per heavy atom. The van der Waals surface area contributed by atoms with E-state index in [-0.39, 0.29) is 5.56 Å². The molecule has 7 nitrogen and oxygen atoms in total. The van der Waals surface area contributed by atoms with Crippen LogP contribution in [0.5, 0.6) is 0 Å². The van der Waals surface area contributed by atoms with E-state index in [1.807, 2.05) is 0 Å². The number of pyridine rings is 1. The molecule has 0 amide bonds. The summed E-state index contributed by atoms with van der Waals surface area (Å²) in [6, 6.07) is 3.53. The van der Waals surface area contributed by atoms with Gasteiger partial charge in [-0.1, -0.05) is 6.07 Å². The minimum Gasteiger partial charge on any atom is -0.377 e. The van der Waals surface area contributed by atoms with Gasteiger partial charge < -0.3 is 9.84 Å². The molecule has 0 aliphatic heterocycles. The molecular formula is C17H13F6N5O2. The zero-order chi connectivity index (χ0) is 21.9. The normalized spacial score (nSPS) is 14.1. The Morgan fingerprint density at radius 1 is 1.13 bits per heavy atom. The zero-order valence-corrected chi connectivity index (χ0v) is 14.9. The molecule has 30 heavy (non-hydrogen) atoms. The second-order valence-corrected chi connectivity index (χ2v) is 6.19. The fourth-order valence-corrected chi connectivity index (χ4v) is 2.73. The van der Waals surface area contributed by atoms with Gasteiger partial charge in [0.25, 0.3) is 0 Å². The Morgan fingerprint density at radius 2 is 1.90 bits per heavy atom. The third-order valence-electron chi connectivity index (χ3n) is 4.20. The smallest absolute Gasteiger partial charge is 0.345 e. The van der Waals surface area contributed by atoms with Crippen molar-refractivity contribution in [2.75, 3.05) is 0 Å². The molecule has 1 atom stereocenters. The van der Waals surface area contributed by atoms with Crippen LogP contribution in [0.25, 0.3) is 0 Å². The highest BCUT2D eigenvalue weighted by Crippen LogP contribution is 2.46. The molecule has 1 unspecified atom stereocenters. The Kier molecular flexibility index (Phi) is 6.03. The summed E-state index contributed by atoms with van der Waals surface area (Å²) in [6.45, 7) is -4.65. The quantitative estimate of drug-likeness (QED) is 0.550. The van der Waals surface area contributed by atoms with E-state index in [1.54, 1.807) is 0 Å². The first-order chi connectivity index (χ1) is 14.1. The first-order valence-corrected chi connectivity index (χ1v) is 8.25. The molecular weight excluding hydrogens is 420 g/mol. The minimum atomic E-state index is -4.24. The average Bonchev–Trinajstić information content (AvgIpc) is 3.19. The number of hydrogen-bond donors (Lipinski definition) is 1. The van der Waals surface area contributed by atoms with Crippen molar-refractivity contribution in [3.63, 3.8) is 0 Å². The SMILES string of the molecule is OC(Cn1cnnn1)(c1ccc(F)cc1F)C(F)(F)c1ccc(COC(F)F)cn1. The molecule has 0 saturated carbocycles. The van der Waals surface area contributed by atoms with Crippen molar-refractivity contribution in [3.05, 3.63) is 71.3 Å². The molecule has 3 rings (SSSR count). The topological polar surface area (TPSA) is 86.0 Å². The second kappa shape index (κ2) is 8.36. The molecule has 0 aliphatic carbocycles. The average molecular weight is 433 g/mol. The lowest BCUT2D eigenvalue weighted by atomic mass is 9.84. The summed E-state index contributed by atoms with van der Waals surface area (Å²) in [7, 11) is 0. The van der Waals surface area contributed by atoms with E-state index in [2.05, 4.69) is 25.2 Å². The summed E-state index contributed by atoms with van der Waals surface area (Å²) in [6.07, 6.45) is 1.77. The Hall–Kier alpha value is -3.06. The van der Waals surface area contributed by atoms with Crippen LogP contribution in [0, 0.1) is 11.6 Å². The summed E-state index contributed by atoms with van der Waals surface area (Å²) in [5, 5.41) is 20.9. The fraction of sp³-hybridized carbons (Fsp3) is 0.294. The standard InChI is InChI=1S/C17H13F6N5O2/c18-11-2-3-12(13(19)5-11)16(29,8-28-9-25-26-27-28)17(22,23)14-4-1-10(6-24-14)7-30-15(20)21/h1-6,9,15,29H,7-8H2. The second-order valence-electron chi connectivity index (χ2n) is 6.19. The maximum absolute atomic E-state index is 15.4. The molecule has 13 heteroatoms.